The molecule has 1 aliphatic rings. The van der Waals surface area contributed by atoms with Gasteiger partial charge in [-0.2, -0.15) is 0 Å². The van der Waals surface area contributed by atoms with Crippen LogP contribution < -0.4 is 14.4 Å². The molecule has 9 rings (SSSR count). The standard InChI is InChI=1S/C42H26ClNO2S/c43-35-21-19-28(23-33(35)27-11-3-1-4-12-27)29-24-34-32-15-7-10-18-41(32)47-42(34)36(25-29)44(30-13-5-2-6-14-30)31-20-22-39-40(26-31)46-38-17-9-8-16-37(38)45-39/h1-26H. The molecule has 0 saturated heterocycles. The summed E-state index contributed by atoms with van der Waals surface area (Å²) in [5, 5.41) is 3.17. The third-order valence-corrected chi connectivity index (χ3v) is 10.1. The molecule has 3 nitrogen and oxygen atoms in total. The van der Waals surface area contributed by atoms with Crippen LogP contribution in [0.15, 0.2) is 158 Å². The summed E-state index contributed by atoms with van der Waals surface area (Å²) in [4.78, 5) is 2.32. The van der Waals surface area contributed by atoms with Crippen LogP contribution in [-0.4, -0.2) is 0 Å². The first kappa shape index (κ1) is 27.7. The zero-order valence-electron chi connectivity index (χ0n) is 25.1. The fraction of sp³-hybridized carbons (Fsp3) is 0. The summed E-state index contributed by atoms with van der Waals surface area (Å²) in [6.07, 6.45) is 0. The molecule has 8 aromatic rings. The minimum atomic E-state index is 0.677. The predicted molar refractivity (Wildman–Crippen MR) is 196 cm³/mol. The molecule has 1 aromatic heterocycles. The van der Waals surface area contributed by atoms with Gasteiger partial charge in [0.15, 0.2) is 23.0 Å². The molecule has 5 heteroatoms. The van der Waals surface area contributed by atoms with E-state index in [4.69, 9.17) is 21.1 Å². The maximum absolute atomic E-state index is 6.78. The molecular weight excluding hydrogens is 618 g/mol. The van der Waals surface area contributed by atoms with Crippen LogP contribution in [0.1, 0.15) is 0 Å². The largest absolute Gasteiger partial charge is 0.450 e. The quantitative estimate of drug-likeness (QED) is 0.186. The number of hydrogen-bond acceptors (Lipinski definition) is 4. The van der Waals surface area contributed by atoms with E-state index in [0.29, 0.717) is 23.0 Å². The highest BCUT2D eigenvalue weighted by Gasteiger charge is 2.24. The molecule has 0 spiro atoms. The zero-order chi connectivity index (χ0) is 31.3. The number of thiophene rings is 1. The average molecular weight is 644 g/mol. The van der Waals surface area contributed by atoms with Gasteiger partial charge in [-0.3, -0.25) is 0 Å². The number of hydrogen-bond donors (Lipinski definition) is 0. The lowest BCUT2D eigenvalue weighted by Crippen LogP contribution is -2.11. The van der Waals surface area contributed by atoms with Crippen molar-refractivity contribution in [1.82, 2.24) is 0 Å². The van der Waals surface area contributed by atoms with Crippen molar-refractivity contribution in [3.63, 3.8) is 0 Å². The minimum absolute atomic E-state index is 0.677. The van der Waals surface area contributed by atoms with Crippen molar-refractivity contribution in [2.45, 2.75) is 0 Å². The van der Waals surface area contributed by atoms with Gasteiger partial charge in [-0.25, -0.2) is 0 Å². The van der Waals surface area contributed by atoms with Crippen LogP contribution in [0.2, 0.25) is 5.02 Å². The van der Waals surface area contributed by atoms with E-state index in [9.17, 15) is 0 Å². The smallest absolute Gasteiger partial charge is 0.172 e. The highest BCUT2D eigenvalue weighted by molar-refractivity contribution is 7.26. The molecule has 0 aliphatic carbocycles. The molecule has 0 bridgehead atoms. The molecular formula is C42H26ClNO2S. The first-order valence-corrected chi connectivity index (χ1v) is 16.6. The fourth-order valence-electron chi connectivity index (χ4n) is 6.35. The second-order valence-electron chi connectivity index (χ2n) is 11.5. The Morgan fingerprint density at radius 3 is 1.96 bits per heavy atom. The van der Waals surface area contributed by atoms with Crippen molar-refractivity contribution in [3.8, 4) is 45.3 Å². The van der Waals surface area contributed by atoms with E-state index in [2.05, 4.69) is 102 Å². The molecule has 0 amide bonds. The zero-order valence-corrected chi connectivity index (χ0v) is 26.6. The van der Waals surface area contributed by atoms with E-state index in [1.165, 1.54) is 20.2 Å². The van der Waals surface area contributed by atoms with Gasteiger partial charge in [0, 0.05) is 37.8 Å². The molecule has 224 valence electrons. The van der Waals surface area contributed by atoms with Gasteiger partial charge in [0.1, 0.15) is 0 Å². The van der Waals surface area contributed by atoms with Gasteiger partial charge in [-0.1, -0.05) is 96.5 Å². The summed E-state index contributed by atoms with van der Waals surface area (Å²) in [6.45, 7) is 0. The van der Waals surface area contributed by atoms with E-state index < -0.39 is 0 Å². The summed E-state index contributed by atoms with van der Waals surface area (Å²) in [5.74, 6) is 2.78. The third kappa shape index (κ3) is 4.90. The van der Waals surface area contributed by atoms with Crippen LogP contribution in [0.5, 0.6) is 23.0 Å². The van der Waals surface area contributed by atoms with Gasteiger partial charge >= 0.3 is 0 Å². The lowest BCUT2D eigenvalue weighted by Gasteiger charge is -2.28. The van der Waals surface area contributed by atoms with Crippen LogP contribution in [0, 0.1) is 0 Å². The number of nitrogens with zero attached hydrogens (tertiary/aromatic N) is 1. The van der Waals surface area contributed by atoms with E-state index in [1.807, 2.05) is 72.0 Å². The Kier molecular flexibility index (Phi) is 6.70. The van der Waals surface area contributed by atoms with E-state index in [0.717, 1.165) is 44.3 Å². The highest BCUT2D eigenvalue weighted by Crippen LogP contribution is 2.51. The SMILES string of the molecule is Clc1ccc(-c2cc(N(c3ccccc3)c3ccc4c(c3)Oc3ccccc3O4)c3sc4ccccc4c3c2)cc1-c1ccccc1. The number of rotatable bonds is 5. The molecule has 0 atom stereocenters. The Morgan fingerprint density at radius 2 is 1.15 bits per heavy atom. The molecule has 0 saturated carbocycles. The Bertz CT molecular complexity index is 2440. The molecule has 1 aliphatic heterocycles. The Morgan fingerprint density at radius 1 is 0.468 bits per heavy atom. The minimum Gasteiger partial charge on any atom is -0.450 e. The van der Waals surface area contributed by atoms with Crippen molar-refractivity contribution in [2.75, 3.05) is 4.90 Å². The van der Waals surface area contributed by atoms with Crippen molar-refractivity contribution in [2.24, 2.45) is 0 Å². The van der Waals surface area contributed by atoms with Gasteiger partial charge in [0.25, 0.3) is 0 Å². The maximum atomic E-state index is 6.78. The van der Waals surface area contributed by atoms with Crippen LogP contribution in [0.25, 0.3) is 42.4 Å². The number of anilines is 3. The van der Waals surface area contributed by atoms with Crippen molar-refractivity contribution < 1.29 is 9.47 Å². The molecule has 2 heterocycles. The number of benzene rings is 7. The van der Waals surface area contributed by atoms with Gasteiger partial charge in [0.2, 0.25) is 0 Å². The second-order valence-corrected chi connectivity index (χ2v) is 12.9. The first-order chi connectivity index (χ1) is 23.2. The van der Waals surface area contributed by atoms with E-state index in [1.54, 1.807) is 0 Å². The lowest BCUT2D eigenvalue weighted by molar-refractivity contribution is 0.360. The van der Waals surface area contributed by atoms with Crippen molar-refractivity contribution in [1.29, 1.82) is 0 Å². The second kappa shape index (κ2) is 11.4. The van der Waals surface area contributed by atoms with Crippen molar-refractivity contribution in [3.05, 3.63) is 163 Å². The number of fused-ring (bicyclic) bond motifs is 5. The highest BCUT2D eigenvalue weighted by atomic mass is 35.5. The lowest BCUT2D eigenvalue weighted by atomic mass is 9.97. The predicted octanol–water partition coefficient (Wildman–Crippen LogP) is 13.4. The summed E-state index contributed by atoms with van der Waals surface area (Å²) in [6, 6.07) is 54.3. The molecule has 0 radical (unpaired) electrons. The summed E-state index contributed by atoms with van der Waals surface area (Å²) in [7, 11) is 0. The normalized spacial score (nSPS) is 11.9. The Balaban J connectivity index is 1.28. The Labute approximate surface area is 281 Å². The molecule has 7 aromatic carbocycles. The van der Waals surface area contributed by atoms with Crippen LogP contribution in [-0.2, 0) is 0 Å². The molecule has 0 unspecified atom stereocenters. The monoisotopic (exact) mass is 643 g/mol. The van der Waals surface area contributed by atoms with Gasteiger partial charge in [-0.05, 0) is 83.4 Å². The molecule has 47 heavy (non-hydrogen) atoms. The van der Waals surface area contributed by atoms with Gasteiger partial charge in [0.05, 0.1) is 16.1 Å². The van der Waals surface area contributed by atoms with Crippen LogP contribution >= 0.6 is 22.9 Å². The maximum Gasteiger partial charge on any atom is 0.172 e. The first-order valence-electron chi connectivity index (χ1n) is 15.4. The van der Waals surface area contributed by atoms with E-state index in [-0.39, 0.29) is 0 Å². The summed E-state index contributed by atoms with van der Waals surface area (Å²) >= 11 is 8.59. The van der Waals surface area contributed by atoms with Crippen LogP contribution in [0.4, 0.5) is 17.1 Å². The topological polar surface area (TPSA) is 21.7 Å². The van der Waals surface area contributed by atoms with E-state index >= 15 is 0 Å². The third-order valence-electron chi connectivity index (χ3n) is 8.57. The molecule has 0 N–H and O–H groups in total. The number of para-hydroxylation sites is 3. The number of ether oxygens (including phenoxy) is 2. The number of halogens is 1. The Hall–Kier alpha value is -5.55. The summed E-state index contributed by atoms with van der Waals surface area (Å²) in [5.41, 5.74) is 7.39. The molecule has 0 fully saturated rings. The fourth-order valence-corrected chi connectivity index (χ4v) is 7.76. The van der Waals surface area contributed by atoms with Crippen molar-refractivity contribution >= 4 is 60.2 Å². The average Bonchev–Trinajstić information content (AvgIpc) is 3.51. The summed E-state index contributed by atoms with van der Waals surface area (Å²) < 4.78 is 15.0. The van der Waals surface area contributed by atoms with Gasteiger partial charge < -0.3 is 14.4 Å². The van der Waals surface area contributed by atoms with Crippen LogP contribution in [0.3, 0.4) is 0 Å². The van der Waals surface area contributed by atoms with Gasteiger partial charge in [-0.15, -0.1) is 11.3 Å².